The van der Waals surface area contributed by atoms with Crippen molar-refractivity contribution in [2.24, 2.45) is 24.3 Å². The second-order valence-electron chi connectivity index (χ2n) is 5.98. The van der Waals surface area contributed by atoms with Crippen molar-refractivity contribution in [3.63, 3.8) is 0 Å². The first-order valence-corrected chi connectivity index (χ1v) is 6.66. The number of rotatable bonds is 2. The lowest BCUT2D eigenvalue weighted by Crippen LogP contribution is -2.33. The Hall–Kier alpha value is -1.34. The molecule has 0 radical (unpaired) electrons. The molecule has 96 valence electrons. The third-order valence-corrected chi connectivity index (χ3v) is 4.94. The summed E-state index contributed by atoms with van der Waals surface area (Å²) >= 11 is 0. The molecule has 2 aliphatic carbocycles. The molecule has 2 saturated carbocycles. The lowest BCUT2D eigenvalue weighted by atomic mass is 9.68. The molecule has 0 aromatic carbocycles. The number of nitrogens with zero attached hydrogens (tertiary/aromatic N) is 3. The zero-order valence-electron chi connectivity index (χ0n) is 10.9. The minimum atomic E-state index is -0.688. The molecule has 0 amide bonds. The fourth-order valence-corrected chi connectivity index (χ4v) is 4.07. The summed E-state index contributed by atoms with van der Waals surface area (Å²) in [4.78, 5) is 0. The summed E-state index contributed by atoms with van der Waals surface area (Å²) in [5.41, 5.74) is 1.09. The molecule has 2 bridgehead atoms. The molecule has 1 N–H and O–H groups in total. The van der Waals surface area contributed by atoms with Crippen LogP contribution in [0, 0.1) is 35.5 Å². The number of aliphatic hydroxyl groups excluding tert-OH is 1. The van der Waals surface area contributed by atoms with Gasteiger partial charge in [0, 0.05) is 18.8 Å². The van der Waals surface area contributed by atoms with Crippen LogP contribution in [0.3, 0.4) is 0 Å². The Bertz CT molecular complexity index is 516. The van der Waals surface area contributed by atoms with E-state index in [-0.39, 0.29) is 0 Å². The van der Waals surface area contributed by atoms with Crippen LogP contribution in [0.5, 0.6) is 0 Å². The zero-order chi connectivity index (χ0) is 12.9. The maximum atomic E-state index is 10.7. The molecule has 1 aromatic heterocycles. The average Bonchev–Trinajstić information content (AvgIpc) is 3.02. The Balaban J connectivity index is 1.98. The standard InChI is InChI=1S/C14H19N3O/c1-9-12(7-17(2)16-9)13(18)14(8-15)6-10-3-4-11(14)5-10/h7,10-11,13,18H,3-6H2,1-2H3. The molecular weight excluding hydrogens is 226 g/mol. The maximum Gasteiger partial charge on any atom is 0.101 e. The van der Waals surface area contributed by atoms with E-state index in [9.17, 15) is 10.4 Å². The molecule has 4 nitrogen and oxygen atoms in total. The second-order valence-corrected chi connectivity index (χ2v) is 5.98. The Kier molecular flexibility index (Phi) is 2.49. The first-order valence-electron chi connectivity index (χ1n) is 6.66. The van der Waals surface area contributed by atoms with Gasteiger partial charge >= 0.3 is 0 Å². The minimum absolute atomic E-state index is 0.363. The van der Waals surface area contributed by atoms with E-state index < -0.39 is 11.5 Å². The summed E-state index contributed by atoms with van der Waals surface area (Å²) in [6.45, 7) is 1.90. The second kappa shape index (κ2) is 3.83. The Labute approximate surface area is 107 Å². The summed E-state index contributed by atoms with van der Waals surface area (Å²) in [5.74, 6) is 1.00. The average molecular weight is 245 g/mol. The number of aryl methyl sites for hydroxylation is 2. The quantitative estimate of drug-likeness (QED) is 0.867. The normalized spacial score (nSPS) is 35.7. The predicted octanol–water partition coefficient (Wildman–Crippen LogP) is 2.09. The highest BCUT2D eigenvalue weighted by molar-refractivity contribution is 5.27. The van der Waals surface area contributed by atoms with Crippen LogP contribution in [0.25, 0.3) is 0 Å². The molecule has 3 rings (SSSR count). The van der Waals surface area contributed by atoms with Gasteiger partial charge in [-0.25, -0.2) is 0 Å². The number of hydrogen-bond acceptors (Lipinski definition) is 3. The van der Waals surface area contributed by atoms with Crippen molar-refractivity contribution in [1.29, 1.82) is 5.26 Å². The van der Waals surface area contributed by atoms with Crippen molar-refractivity contribution in [2.75, 3.05) is 0 Å². The van der Waals surface area contributed by atoms with E-state index in [0.29, 0.717) is 11.8 Å². The fraction of sp³-hybridized carbons (Fsp3) is 0.714. The Morgan fingerprint density at radius 1 is 1.61 bits per heavy atom. The third kappa shape index (κ3) is 1.44. The number of nitriles is 1. The van der Waals surface area contributed by atoms with Gasteiger partial charge in [-0.1, -0.05) is 6.42 Å². The van der Waals surface area contributed by atoms with Gasteiger partial charge in [0.05, 0.1) is 17.2 Å². The van der Waals surface area contributed by atoms with Crippen LogP contribution in [0.1, 0.15) is 43.0 Å². The van der Waals surface area contributed by atoms with Crippen LogP contribution in [0.15, 0.2) is 6.20 Å². The van der Waals surface area contributed by atoms with Crippen molar-refractivity contribution < 1.29 is 5.11 Å². The van der Waals surface area contributed by atoms with E-state index in [1.165, 1.54) is 6.42 Å². The minimum Gasteiger partial charge on any atom is -0.387 e. The number of aliphatic hydroxyl groups is 1. The van der Waals surface area contributed by atoms with Gasteiger partial charge in [0.2, 0.25) is 0 Å². The van der Waals surface area contributed by atoms with Gasteiger partial charge in [0.25, 0.3) is 0 Å². The molecule has 2 fully saturated rings. The van der Waals surface area contributed by atoms with Gasteiger partial charge in [-0.15, -0.1) is 0 Å². The molecular formula is C14H19N3O. The van der Waals surface area contributed by atoms with Crippen LogP contribution in [0.2, 0.25) is 0 Å². The van der Waals surface area contributed by atoms with Crippen LogP contribution in [-0.4, -0.2) is 14.9 Å². The van der Waals surface area contributed by atoms with Crippen LogP contribution in [0.4, 0.5) is 0 Å². The topological polar surface area (TPSA) is 61.8 Å². The van der Waals surface area contributed by atoms with E-state index in [1.807, 2.05) is 20.2 Å². The molecule has 2 aliphatic rings. The molecule has 4 atom stereocenters. The van der Waals surface area contributed by atoms with Crippen molar-refractivity contribution in [1.82, 2.24) is 9.78 Å². The molecule has 18 heavy (non-hydrogen) atoms. The predicted molar refractivity (Wildman–Crippen MR) is 66.4 cm³/mol. The summed E-state index contributed by atoms with van der Waals surface area (Å²) in [6.07, 6.45) is 5.45. The molecule has 0 spiro atoms. The van der Waals surface area contributed by atoms with Crippen molar-refractivity contribution in [3.8, 4) is 6.07 Å². The number of fused-ring (bicyclic) bond motifs is 2. The zero-order valence-corrected chi connectivity index (χ0v) is 10.9. The van der Waals surface area contributed by atoms with Crippen LogP contribution < -0.4 is 0 Å². The first-order chi connectivity index (χ1) is 8.56. The fourth-order valence-electron chi connectivity index (χ4n) is 4.07. The lowest BCUT2D eigenvalue weighted by molar-refractivity contribution is 0.0228. The molecule has 4 unspecified atom stereocenters. The summed E-state index contributed by atoms with van der Waals surface area (Å²) in [7, 11) is 1.85. The molecule has 1 heterocycles. The Morgan fingerprint density at radius 3 is 2.83 bits per heavy atom. The SMILES string of the molecule is Cc1nn(C)cc1C(O)C1(C#N)CC2CCC1C2. The molecule has 4 heteroatoms. The van der Waals surface area contributed by atoms with E-state index in [2.05, 4.69) is 11.2 Å². The van der Waals surface area contributed by atoms with Crippen molar-refractivity contribution in [2.45, 2.75) is 38.7 Å². The van der Waals surface area contributed by atoms with Gasteiger partial charge in [-0.2, -0.15) is 10.4 Å². The van der Waals surface area contributed by atoms with Gasteiger partial charge in [-0.05, 0) is 38.0 Å². The smallest absolute Gasteiger partial charge is 0.101 e. The number of hydrogen-bond donors (Lipinski definition) is 1. The number of aromatic nitrogens is 2. The first kappa shape index (κ1) is 11.7. The Morgan fingerprint density at radius 2 is 2.39 bits per heavy atom. The van der Waals surface area contributed by atoms with Gasteiger partial charge in [-0.3, -0.25) is 4.68 Å². The highest BCUT2D eigenvalue weighted by Gasteiger charge is 2.56. The lowest BCUT2D eigenvalue weighted by Gasteiger charge is -2.35. The largest absolute Gasteiger partial charge is 0.387 e. The van der Waals surface area contributed by atoms with E-state index in [4.69, 9.17) is 0 Å². The molecule has 1 aromatic rings. The summed E-state index contributed by atoms with van der Waals surface area (Å²) in [6, 6.07) is 2.46. The maximum absolute atomic E-state index is 10.7. The van der Waals surface area contributed by atoms with Gasteiger partial charge < -0.3 is 5.11 Å². The van der Waals surface area contributed by atoms with Crippen LogP contribution >= 0.6 is 0 Å². The van der Waals surface area contributed by atoms with Gasteiger partial charge in [0.15, 0.2) is 0 Å². The van der Waals surface area contributed by atoms with E-state index in [0.717, 1.165) is 30.5 Å². The van der Waals surface area contributed by atoms with Crippen molar-refractivity contribution in [3.05, 3.63) is 17.5 Å². The molecule has 0 saturated heterocycles. The highest BCUT2D eigenvalue weighted by Crippen LogP contribution is 2.60. The van der Waals surface area contributed by atoms with Gasteiger partial charge in [0.1, 0.15) is 6.10 Å². The van der Waals surface area contributed by atoms with Crippen LogP contribution in [-0.2, 0) is 7.05 Å². The summed E-state index contributed by atoms with van der Waals surface area (Å²) < 4.78 is 1.71. The van der Waals surface area contributed by atoms with E-state index >= 15 is 0 Å². The monoisotopic (exact) mass is 245 g/mol. The molecule has 0 aliphatic heterocycles. The van der Waals surface area contributed by atoms with Crippen molar-refractivity contribution >= 4 is 0 Å². The van der Waals surface area contributed by atoms with E-state index in [1.54, 1.807) is 4.68 Å². The summed E-state index contributed by atoms with van der Waals surface area (Å²) in [5, 5.41) is 24.6. The third-order valence-electron chi connectivity index (χ3n) is 4.94. The highest BCUT2D eigenvalue weighted by atomic mass is 16.3.